The van der Waals surface area contributed by atoms with Crippen molar-refractivity contribution in [1.82, 2.24) is 30.2 Å². The van der Waals surface area contributed by atoms with E-state index in [0.717, 1.165) is 5.69 Å². The van der Waals surface area contributed by atoms with Crippen LogP contribution in [0, 0.1) is 6.92 Å². The first kappa shape index (κ1) is 12.4. The smallest absolute Gasteiger partial charge is 0.327 e. The standard InChI is InChI=1S/C9H10N6O2S/c1-6-3-4-10-8(11-6)18-9-12-13-14-15(9)5-7(16)17-2/h3-4H,5H2,1-2H3. The molecule has 0 atom stereocenters. The van der Waals surface area contributed by atoms with E-state index in [9.17, 15) is 4.79 Å². The lowest BCUT2D eigenvalue weighted by molar-refractivity contribution is -0.141. The molecule has 0 bridgehead atoms. The van der Waals surface area contributed by atoms with Crippen LogP contribution in [-0.2, 0) is 16.1 Å². The maximum atomic E-state index is 11.2. The molecule has 0 aliphatic rings. The molecule has 2 aromatic rings. The lowest BCUT2D eigenvalue weighted by Crippen LogP contribution is -2.13. The lowest BCUT2D eigenvalue weighted by atomic mass is 10.5. The second kappa shape index (κ2) is 5.54. The Labute approximate surface area is 107 Å². The fourth-order valence-electron chi connectivity index (χ4n) is 1.11. The molecule has 0 radical (unpaired) electrons. The van der Waals surface area contributed by atoms with Gasteiger partial charge in [-0.1, -0.05) is 0 Å². The SMILES string of the molecule is COC(=O)Cn1nnnc1Sc1nccc(C)n1. The topological polar surface area (TPSA) is 95.7 Å². The number of ether oxygens (including phenoxy) is 1. The molecule has 94 valence electrons. The molecule has 8 nitrogen and oxygen atoms in total. The van der Waals surface area contributed by atoms with E-state index in [1.165, 1.54) is 23.6 Å². The molecule has 2 heterocycles. The zero-order valence-electron chi connectivity index (χ0n) is 9.77. The molecule has 9 heteroatoms. The summed E-state index contributed by atoms with van der Waals surface area (Å²) in [6.45, 7) is 1.82. The molecule has 0 aliphatic carbocycles. The molecule has 0 amide bonds. The number of rotatable bonds is 4. The van der Waals surface area contributed by atoms with Crippen LogP contribution in [0.25, 0.3) is 0 Å². The van der Waals surface area contributed by atoms with Gasteiger partial charge in [0, 0.05) is 11.9 Å². The van der Waals surface area contributed by atoms with E-state index in [4.69, 9.17) is 0 Å². The first-order valence-corrected chi connectivity index (χ1v) is 5.81. The van der Waals surface area contributed by atoms with Crippen LogP contribution in [0.5, 0.6) is 0 Å². The Morgan fingerprint density at radius 3 is 3.11 bits per heavy atom. The molecule has 18 heavy (non-hydrogen) atoms. The number of aryl methyl sites for hydroxylation is 1. The van der Waals surface area contributed by atoms with Crippen molar-refractivity contribution in [2.75, 3.05) is 7.11 Å². The van der Waals surface area contributed by atoms with Crippen LogP contribution in [0.1, 0.15) is 5.69 Å². The molecule has 0 spiro atoms. The summed E-state index contributed by atoms with van der Waals surface area (Å²) in [5, 5.41) is 12.0. The predicted molar refractivity (Wildman–Crippen MR) is 60.7 cm³/mol. The third kappa shape index (κ3) is 3.00. The van der Waals surface area contributed by atoms with Crippen molar-refractivity contribution in [3.8, 4) is 0 Å². The molecule has 0 saturated carbocycles. The summed E-state index contributed by atoms with van der Waals surface area (Å²) in [5.41, 5.74) is 0.847. The van der Waals surface area contributed by atoms with Crippen molar-refractivity contribution >= 4 is 17.7 Å². The van der Waals surface area contributed by atoms with Gasteiger partial charge in [-0.05, 0) is 35.2 Å². The highest BCUT2D eigenvalue weighted by molar-refractivity contribution is 7.99. The number of tetrazole rings is 1. The number of hydrogen-bond acceptors (Lipinski definition) is 8. The second-order valence-electron chi connectivity index (χ2n) is 3.28. The maximum Gasteiger partial charge on any atom is 0.327 e. The van der Waals surface area contributed by atoms with Crippen molar-refractivity contribution in [1.29, 1.82) is 0 Å². The van der Waals surface area contributed by atoms with Crippen LogP contribution in [0.15, 0.2) is 22.6 Å². The lowest BCUT2D eigenvalue weighted by Gasteiger charge is -2.02. The van der Waals surface area contributed by atoms with E-state index in [1.807, 2.05) is 6.92 Å². The minimum absolute atomic E-state index is 0.0440. The van der Waals surface area contributed by atoms with E-state index in [1.54, 1.807) is 12.3 Å². The Morgan fingerprint density at radius 2 is 2.39 bits per heavy atom. The van der Waals surface area contributed by atoms with Gasteiger partial charge in [0.15, 0.2) is 5.16 Å². The third-order valence-electron chi connectivity index (χ3n) is 1.96. The fourth-order valence-corrected chi connectivity index (χ4v) is 1.86. The number of aromatic nitrogens is 6. The Balaban J connectivity index is 2.15. The predicted octanol–water partition coefficient (Wildman–Crippen LogP) is 0.0957. The molecule has 0 aromatic carbocycles. The van der Waals surface area contributed by atoms with Crippen molar-refractivity contribution in [2.24, 2.45) is 0 Å². The van der Waals surface area contributed by atoms with Crippen molar-refractivity contribution in [3.05, 3.63) is 18.0 Å². The van der Waals surface area contributed by atoms with Gasteiger partial charge in [0.05, 0.1) is 7.11 Å². The Morgan fingerprint density at radius 1 is 1.56 bits per heavy atom. The normalized spacial score (nSPS) is 10.3. The Hall–Kier alpha value is -2.03. The quantitative estimate of drug-likeness (QED) is 0.567. The number of nitrogens with zero attached hydrogens (tertiary/aromatic N) is 6. The average Bonchev–Trinajstić information content (AvgIpc) is 2.76. The van der Waals surface area contributed by atoms with Crippen LogP contribution in [-0.4, -0.2) is 43.3 Å². The van der Waals surface area contributed by atoms with Crippen molar-refractivity contribution in [2.45, 2.75) is 23.8 Å². The van der Waals surface area contributed by atoms with E-state index in [-0.39, 0.29) is 6.54 Å². The third-order valence-corrected chi connectivity index (χ3v) is 2.82. The van der Waals surface area contributed by atoms with E-state index < -0.39 is 5.97 Å². The summed E-state index contributed by atoms with van der Waals surface area (Å²) in [7, 11) is 1.31. The number of carbonyl (C=O) groups excluding carboxylic acids is 1. The first-order valence-electron chi connectivity index (χ1n) is 4.99. The summed E-state index contributed by atoms with van der Waals surface area (Å²) in [4.78, 5) is 19.5. The highest BCUT2D eigenvalue weighted by Gasteiger charge is 2.13. The summed E-state index contributed by atoms with van der Waals surface area (Å²) < 4.78 is 5.89. The van der Waals surface area contributed by atoms with Gasteiger partial charge in [-0.25, -0.2) is 14.6 Å². The van der Waals surface area contributed by atoms with Gasteiger partial charge in [-0.2, -0.15) is 0 Å². The first-order chi connectivity index (χ1) is 8.69. The van der Waals surface area contributed by atoms with Crippen molar-refractivity contribution < 1.29 is 9.53 Å². The molecule has 2 rings (SSSR count). The van der Waals surface area contributed by atoms with Gasteiger partial charge in [-0.15, -0.1) is 5.10 Å². The Kier molecular flexibility index (Phi) is 3.82. The molecular formula is C9H10N6O2S. The number of esters is 1. The van der Waals surface area contributed by atoms with Gasteiger partial charge in [0.1, 0.15) is 6.54 Å². The number of hydrogen-bond donors (Lipinski definition) is 0. The van der Waals surface area contributed by atoms with Crippen LogP contribution in [0.3, 0.4) is 0 Å². The summed E-state index contributed by atoms with van der Waals surface area (Å²) in [6.07, 6.45) is 1.65. The monoisotopic (exact) mass is 266 g/mol. The highest BCUT2D eigenvalue weighted by atomic mass is 32.2. The van der Waals surface area contributed by atoms with Gasteiger partial charge in [0.2, 0.25) is 5.16 Å². The van der Waals surface area contributed by atoms with Crippen LogP contribution >= 0.6 is 11.8 Å². The van der Waals surface area contributed by atoms with E-state index in [2.05, 4.69) is 30.2 Å². The zero-order chi connectivity index (χ0) is 13.0. The van der Waals surface area contributed by atoms with Gasteiger partial charge in [-0.3, -0.25) is 4.79 Å². The molecule has 2 aromatic heterocycles. The highest BCUT2D eigenvalue weighted by Crippen LogP contribution is 2.21. The molecule has 0 fully saturated rings. The molecule has 0 unspecified atom stereocenters. The number of methoxy groups -OCH3 is 1. The maximum absolute atomic E-state index is 11.2. The molecule has 0 saturated heterocycles. The van der Waals surface area contributed by atoms with Gasteiger partial charge < -0.3 is 4.74 Å². The fraction of sp³-hybridized carbons (Fsp3) is 0.333. The minimum atomic E-state index is -0.422. The van der Waals surface area contributed by atoms with Crippen LogP contribution in [0.4, 0.5) is 0 Å². The molecule has 0 aliphatic heterocycles. The summed E-state index contributed by atoms with van der Waals surface area (Å²) in [5.74, 6) is -0.422. The minimum Gasteiger partial charge on any atom is -0.468 e. The van der Waals surface area contributed by atoms with Gasteiger partial charge >= 0.3 is 5.97 Å². The van der Waals surface area contributed by atoms with Crippen LogP contribution < -0.4 is 0 Å². The van der Waals surface area contributed by atoms with E-state index >= 15 is 0 Å². The largest absolute Gasteiger partial charge is 0.468 e. The Bertz CT molecular complexity index is 557. The zero-order valence-corrected chi connectivity index (χ0v) is 10.6. The molecular weight excluding hydrogens is 256 g/mol. The van der Waals surface area contributed by atoms with Crippen molar-refractivity contribution in [3.63, 3.8) is 0 Å². The van der Waals surface area contributed by atoms with E-state index in [0.29, 0.717) is 10.3 Å². The molecule has 0 N–H and O–H groups in total. The van der Waals surface area contributed by atoms with Gasteiger partial charge in [0.25, 0.3) is 0 Å². The summed E-state index contributed by atoms with van der Waals surface area (Å²) >= 11 is 1.18. The van der Waals surface area contributed by atoms with Crippen LogP contribution in [0.2, 0.25) is 0 Å². The number of carbonyl (C=O) groups is 1. The average molecular weight is 266 g/mol. The second-order valence-corrected chi connectivity index (χ2v) is 4.21. The summed E-state index contributed by atoms with van der Waals surface area (Å²) in [6, 6.07) is 1.79.